The fraction of sp³-hybridized carbons (Fsp3) is 0.692. The number of carboxylic acid groups (broad SMARTS) is 1. The van der Waals surface area contributed by atoms with E-state index in [-0.39, 0.29) is 17.6 Å². The number of hydrogen-bond acceptors (Lipinski definition) is 3. The lowest BCUT2D eigenvalue weighted by Crippen LogP contribution is -2.31. The highest BCUT2D eigenvalue weighted by Gasteiger charge is 2.19. The largest absolute Gasteiger partial charge is 0.481 e. The molecule has 0 radical (unpaired) electrons. The molecule has 1 rings (SSSR count). The summed E-state index contributed by atoms with van der Waals surface area (Å²) in [5.41, 5.74) is 1.13. The van der Waals surface area contributed by atoms with Crippen molar-refractivity contribution in [3.8, 4) is 0 Å². The highest BCUT2D eigenvalue weighted by molar-refractivity contribution is 8.00. The molecule has 0 spiro atoms. The molecule has 4 nitrogen and oxygen atoms in total. The van der Waals surface area contributed by atoms with Gasteiger partial charge in [0.1, 0.15) is 0 Å². The number of rotatable bonds is 7. The molecule has 1 aliphatic carbocycles. The highest BCUT2D eigenvalue weighted by atomic mass is 32.2. The lowest BCUT2D eigenvalue weighted by molar-refractivity contribution is -0.137. The molecule has 0 aliphatic heterocycles. The van der Waals surface area contributed by atoms with Crippen LogP contribution in [0.3, 0.4) is 0 Å². The van der Waals surface area contributed by atoms with Crippen LogP contribution in [0.2, 0.25) is 0 Å². The first-order valence-corrected chi connectivity index (χ1v) is 7.42. The van der Waals surface area contributed by atoms with Gasteiger partial charge >= 0.3 is 5.97 Å². The smallest absolute Gasteiger partial charge is 0.304 e. The number of aliphatic carboxylic acids is 1. The van der Waals surface area contributed by atoms with Gasteiger partial charge in [0.25, 0.3) is 0 Å². The Balaban J connectivity index is 2.40. The molecular weight excluding hydrogens is 250 g/mol. The molecule has 0 aromatic carbocycles. The Morgan fingerprint density at radius 2 is 2.28 bits per heavy atom. The first-order chi connectivity index (χ1) is 8.54. The van der Waals surface area contributed by atoms with Gasteiger partial charge < -0.3 is 10.0 Å². The molecule has 0 aromatic rings. The van der Waals surface area contributed by atoms with Crippen molar-refractivity contribution in [2.45, 2.75) is 44.8 Å². The van der Waals surface area contributed by atoms with E-state index < -0.39 is 5.97 Å². The van der Waals surface area contributed by atoms with Gasteiger partial charge in [0.15, 0.2) is 0 Å². The first kappa shape index (κ1) is 15.1. The van der Waals surface area contributed by atoms with Gasteiger partial charge in [-0.1, -0.05) is 13.0 Å². The van der Waals surface area contributed by atoms with Crippen LogP contribution in [0.25, 0.3) is 0 Å². The molecule has 0 saturated carbocycles. The zero-order valence-electron chi connectivity index (χ0n) is 11.0. The van der Waals surface area contributed by atoms with Crippen molar-refractivity contribution in [1.29, 1.82) is 0 Å². The van der Waals surface area contributed by atoms with Crippen LogP contribution in [0.4, 0.5) is 0 Å². The molecule has 0 bridgehead atoms. The maximum atomic E-state index is 12.1. The second-order valence-electron chi connectivity index (χ2n) is 4.45. The second-order valence-corrected chi connectivity index (χ2v) is 5.87. The van der Waals surface area contributed by atoms with Crippen LogP contribution in [-0.4, -0.2) is 39.4 Å². The predicted molar refractivity (Wildman–Crippen MR) is 73.5 cm³/mol. The van der Waals surface area contributed by atoms with Crippen LogP contribution >= 0.6 is 11.8 Å². The van der Waals surface area contributed by atoms with Crippen LogP contribution in [0.1, 0.15) is 39.5 Å². The van der Waals surface area contributed by atoms with E-state index in [4.69, 9.17) is 5.11 Å². The topological polar surface area (TPSA) is 57.6 Å². The van der Waals surface area contributed by atoms with Crippen molar-refractivity contribution in [2.24, 2.45) is 0 Å². The van der Waals surface area contributed by atoms with E-state index in [1.165, 1.54) is 11.8 Å². The van der Waals surface area contributed by atoms with Gasteiger partial charge in [-0.15, -0.1) is 11.8 Å². The molecule has 102 valence electrons. The van der Waals surface area contributed by atoms with E-state index in [2.05, 4.69) is 6.08 Å². The molecule has 0 fully saturated rings. The third-order valence-corrected chi connectivity index (χ3v) is 4.08. The Bertz CT molecular complexity index is 341. The van der Waals surface area contributed by atoms with Crippen LogP contribution in [0, 0.1) is 0 Å². The van der Waals surface area contributed by atoms with Crippen LogP contribution in [-0.2, 0) is 9.59 Å². The third kappa shape index (κ3) is 4.72. The highest BCUT2D eigenvalue weighted by Crippen LogP contribution is 2.23. The summed E-state index contributed by atoms with van der Waals surface area (Å²) in [4.78, 5) is 24.4. The zero-order chi connectivity index (χ0) is 13.5. The average Bonchev–Trinajstić information content (AvgIpc) is 2.80. The van der Waals surface area contributed by atoms with Crippen molar-refractivity contribution < 1.29 is 14.7 Å². The molecule has 1 unspecified atom stereocenters. The number of nitrogens with zero attached hydrogens (tertiary/aromatic N) is 1. The number of carboxylic acids is 1. The van der Waals surface area contributed by atoms with Crippen LogP contribution in [0.5, 0.6) is 0 Å². The first-order valence-electron chi connectivity index (χ1n) is 6.37. The molecule has 0 aromatic heterocycles. The number of hydrogen-bond donors (Lipinski definition) is 1. The van der Waals surface area contributed by atoms with E-state index >= 15 is 0 Å². The Kier molecular flexibility index (Phi) is 6.25. The Hall–Kier alpha value is -0.970. The summed E-state index contributed by atoms with van der Waals surface area (Å²) in [5.74, 6) is -0.360. The maximum Gasteiger partial charge on any atom is 0.304 e. The van der Waals surface area contributed by atoms with Gasteiger partial charge in [0, 0.05) is 17.5 Å². The molecule has 0 saturated heterocycles. The maximum absolute atomic E-state index is 12.1. The van der Waals surface area contributed by atoms with E-state index in [0.29, 0.717) is 12.3 Å². The Morgan fingerprint density at radius 3 is 2.78 bits per heavy atom. The van der Waals surface area contributed by atoms with Gasteiger partial charge in [0.05, 0.1) is 12.2 Å². The molecule has 1 atom stereocenters. The lowest BCUT2D eigenvalue weighted by atomic mass is 10.3. The summed E-state index contributed by atoms with van der Waals surface area (Å²) >= 11 is 1.42. The van der Waals surface area contributed by atoms with Gasteiger partial charge in [-0.3, -0.25) is 9.59 Å². The van der Waals surface area contributed by atoms with Gasteiger partial charge in [-0.05, 0) is 26.2 Å². The average molecular weight is 271 g/mol. The summed E-state index contributed by atoms with van der Waals surface area (Å²) in [6, 6.07) is 0. The predicted octanol–water partition coefficient (Wildman–Crippen LogP) is 2.50. The molecule has 1 amide bonds. The van der Waals surface area contributed by atoms with Crippen molar-refractivity contribution in [3.63, 3.8) is 0 Å². The summed E-state index contributed by atoms with van der Waals surface area (Å²) in [6.45, 7) is 4.51. The normalized spacial score (nSPS) is 16.2. The number of amides is 1. The van der Waals surface area contributed by atoms with Crippen LogP contribution in [0.15, 0.2) is 11.8 Å². The summed E-state index contributed by atoms with van der Waals surface area (Å²) in [7, 11) is 0. The van der Waals surface area contributed by atoms with Crippen molar-refractivity contribution in [1.82, 2.24) is 4.90 Å². The molecular formula is C13H21NO3S. The summed E-state index contributed by atoms with van der Waals surface area (Å²) in [6.07, 6.45) is 5.40. The zero-order valence-corrected chi connectivity index (χ0v) is 11.8. The number of carbonyl (C=O) groups is 2. The summed E-state index contributed by atoms with van der Waals surface area (Å²) in [5, 5.41) is 8.63. The van der Waals surface area contributed by atoms with Crippen LogP contribution < -0.4 is 0 Å². The monoisotopic (exact) mass is 271 g/mol. The SMILES string of the molecule is CCN(C(=O)CSC(C)CC(=O)O)C1=CCCC1. The van der Waals surface area contributed by atoms with Crippen molar-refractivity contribution in [2.75, 3.05) is 12.3 Å². The van der Waals surface area contributed by atoms with E-state index in [9.17, 15) is 9.59 Å². The fourth-order valence-corrected chi connectivity index (χ4v) is 2.88. The van der Waals surface area contributed by atoms with Crippen molar-refractivity contribution in [3.05, 3.63) is 11.8 Å². The molecule has 5 heteroatoms. The number of carbonyl (C=O) groups excluding carboxylic acids is 1. The molecule has 1 N–H and O–H groups in total. The Labute approximate surface area is 112 Å². The summed E-state index contributed by atoms with van der Waals surface area (Å²) < 4.78 is 0. The van der Waals surface area contributed by atoms with Gasteiger partial charge in [0.2, 0.25) is 5.91 Å². The third-order valence-electron chi connectivity index (χ3n) is 2.93. The minimum absolute atomic E-state index is 0.0253. The molecule has 0 heterocycles. The van der Waals surface area contributed by atoms with Crippen molar-refractivity contribution >= 4 is 23.6 Å². The van der Waals surface area contributed by atoms with Gasteiger partial charge in [-0.25, -0.2) is 0 Å². The lowest BCUT2D eigenvalue weighted by Gasteiger charge is -2.22. The minimum Gasteiger partial charge on any atom is -0.481 e. The fourth-order valence-electron chi connectivity index (χ4n) is 2.03. The van der Waals surface area contributed by atoms with E-state index in [0.717, 1.165) is 25.0 Å². The van der Waals surface area contributed by atoms with Gasteiger partial charge in [-0.2, -0.15) is 0 Å². The van der Waals surface area contributed by atoms with E-state index in [1.54, 1.807) is 0 Å². The standard InChI is InChI=1S/C13H21NO3S/c1-3-14(11-6-4-5-7-11)12(15)9-18-10(2)8-13(16)17/h6,10H,3-5,7-9H2,1-2H3,(H,16,17). The quantitative estimate of drug-likeness (QED) is 0.773. The number of allylic oxidation sites excluding steroid dienone is 2. The van der Waals surface area contributed by atoms with E-state index in [1.807, 2.05) is 18.7 Å². The molecule has 18 heavy (non-hydrogen) atoms. The second kappa shape index (κ2) is 7.46. The Morgan fingerprint density at radius 1 is 1.56 bits per heavy atom. The molecule has 1 aliphatic rings. The minimum atomic E-state index is -0.812. The number of thioether (sulfide) groups is 1.